The zero-order chi connectivity index (χ0) is 13.5. The number of rotatable bonds is 7. The topological polar surface area (TPSA) is 21.3 Å². The first kappa shape index (κ1) is 15.0. The van der Waals surface area contributed by atoms with E-state index < -0.39 is 0 Å². The maximum Gasteiger partial charge on any atom is 0.131 e. The zero-order valence-corrected chi connectivity index (χ0v) is 11.8. The lowest BCUT2D eigenvalue weighted by Gasteiger charge is -2.19. The van der Waals surface area contributed by atoms with Gasteiger partial charge in [0.2, 0.25) is 0 Å². The van der Waals surface area contributed by atoms with Gasteiger partial charge in [0.1, 0.15) is 11.6 Å². The van der Waals surface area contributed by atoms with Crippen LogP contribution in [0.1, 0.15) is 45.2 Å². The van der Waals surface area contributed by atoms with E-state index in [4.69, 9.17) is 4.74 Å². The second-order valence-corrected chi connectivity index (χ2v) is 4.66. The van der Waals surface area contributed by atoms with Crippen molar-refractivity contribution in [3.8, 4) is 5.75 Å². The number of nitrogens with one attached hydrogen (secondary N) is 1. The van der Waals surface area contributed by atoms with Crippen LogP contribution < -0.4 is 10.1 Å². The minimum absolute atomic E-state index is 0.0529. The van der Waals surface area contributed by atoms with E-state index in [1.165, 1.54) is 6.07 Å². The molecule has 1 aromatic rings. The molecule has 1 N–H and O–H groups in total. The summed E-state index contributed by atoms with van der Waals surface area (Å²) in [7, 11) is 1.82. The molecule has 0 amide bonds. The predicted molar refractivity (Wildman–Crippen MR) is 73.4 cm³/mol. The van der Waals surface area contributed by atoms with Crippen LogP contribution in [0, 0.1) is 11.7 Å². The summed E-state index contributed by atoms with van der Waals surface area (Å²) in [6, 6.07) is 4.97. The lowest BCUT2D eigenvalue weighted by Crippen LogP contribution is -2.17. The van der Waals surface area contributed by atoms with Gasteiger partial charge < -0.3 is 10.1 Å². The molecule has 1 atom stereocenters. The van der Waals surface area contributed by atoms with Crippen molar-refractivity contribution in [3.05, 3.63) is 29.6 Å². The standard InChI is InChI=1S/C15H24FNO/c1-5-12(6-2)10-18-14-9-7-8-13(16)15(14)11(3)17-4/h7-9,11-12,17H,5-6,10H2,1-4H3. The fraction of sp³-hybridized carbons (Fsp3) is 0.600. The molecule has 1 rings (SSSR count). The van der Waals surface area contributed by atoms with Gasteiger partial charge in [-0.2, -0.15) is 0 Å². The van der Waals surface area contributed by atoms with Crippen LogP contribution in [0.25, 0.3) is 0 Å². The van der Waals surface area contributed by atoms with E-state index in [0.717, 1.165) is 12.8 Å². The Morgan fingerprint density at radius 2 is 1.94 bits per heavy atom. The van der Waals surface area contributed by atoms with Gasteiger partial charge in [0.15, 0.2) is 0 Å². The highest BCUT2D eigenvalue weighted by Crippen LogP contribution is 2.28. The number of hydrogen-bond acceptors (Lipinski definition) is 2. The molecular formula is C15H24FNO. The largest absolute Gasteiger partial charge is 0.493 e. The number of ether oxygens (including phenoxy) is 1. The van der Waals surface area contributed by atoms with Gasteiger partial charge >= 0.3 is 0 Å². The molecule has 0 spiro atoms. The quantitative estimate of drug-likeness (QED) is 0.795. The summed E-state index contributed by atoms with van der Waals surface area (Å²) < 4.78 is 19.7. The molecule has 0 aliphatic heterocycles. The van der Waals surface area contributed by atoms with Crippen molar-refractivity contribution in [1.82, 2.24) is 5.32 Å². The molecule has 0 bridgehead atoms. The molecule has 0 fully saturated rings. The Morgan fingerprint density at radius 3 is 2.50 bits per heavy atom. The molecular weight excluding hydrogens is 229 g/mol. The monoisotopic (exact) mass is 253 g/mol. The average molecular weight is 253 g/mol. The minimum atomic E-state index is -0.209. The number of halogens is 1. The number of benzene rings is 1. The first-order chi connectivity index (χ1) is 8.63. The molecule has 102 valence electrons. The first-order valence-electron chi connectivity index (χ1n) is 6.72. The van der Waals surface area contributed by atoms with Crippen LogP contribution in [-0.2, 0) is 0 Å². The molecule has 0 aliphatic rings. The van der Waals surface area contributed by atoms with Crippen LogP contribution in [0.4, 0.5) is 4.39 Å². The summed E-state index contributed by atoms with van der Waals surface area (Å²) in [4.78, 5) is 0. The van der Waals surface area contributed by atoms with E-state index in [1.807, 2.05) is 20.0 Å². The lowest BCUT2D eigenvalue weighted by atomic mass is 10.0. The molecule has 1 unspecified atom stereocenters. The van der Waals surface area contributed by atoms with Crippen molar-refractivity contribution in [3.63, 3.8) is 0 Å². The summed E-state index contributed by atoms with van der Waals surface area (Å²) >= 11 is 0. The predicted octanol–water partition coefficient (Wildman–Crippen LogP) is 3.92. The molecule has 0 saturated carbocycles. The fourth-order valence-electron chi connectivity index (χ4n) is 1.94. The van der Waals surface area contributed by atoms with Crippen molar-refractivity contribution < 1.29 is 9.13 Å². The molecule has 18 heavy (non-hydrogen) atoms. The molecule has 2 nitrogen and oxygen atoms in total. The summed E-state index contributed by atoms with van der Waals surface area (Å²) in [5.74, 6) is 0.980. The van der Waals surface area contributed by atoms with Crippen molar-refractivity contribution in [1.29, 1.82) is 0 Å². The molecule has 0 saturated heterocycles. The minimum Gasteiger partial charge on any atom is -0.493 e. The van der Waals surface area contributed by atoms with Gasteiger partial charge in [-0.3, -0.25) is 0 Å². The van der Waals surface area contributed by atoms with Crippen molar-refractivity contribution in [2.75, 3.05) is 13.7 Å². The highest BCUT2D eigenvalue weighted by atomic mass is 19.1. The van der Waals surface area contributed by atoms with Crippen LogP contribution in [0.2, 0.25) is 0 Å². The smallest absolute Gasteiger partial charge is 0.131 e. The van der Waals surface area contributed by atoms with Gasteiger partial charge in [0.05, 0.1) is 6.61 Å². The van der Waals surface area contributed by atoms with Crippen molar-refractivity contribution in [2.45, 2.75) is 39.7 Å². The van der Waals surface area contributed by atoms with E-state index in [-0.39, 0.29) is 11.9 Å². The van der Waals surface area contributed by atoms with Crippen LogP contribution in [0.15, 0.2) is 18.2 Å². The van der Waals surface area contributed by atoms with Crippen LogP contribution >= 0.6 is 0 Å². The maximum absolute atomic E-state index is 13.9. The van der Waals surface area contributed by atoms with Crippen LogP contribution in [-0.4, -0.2) is 13.7 Å². The van der Waals surface area contributed by atoms with E-state index in [9.17, 15) is 4.39 Å². The van der Waals surface area contributed by atoms with Gasteiger partial charge in [0.25, 0.3) is 0 Å². The Balaban J connectivity index is 2.84. The molecule has 0 heterocycles. The second-order valence-electron chi connectivity index (χ2n) is 4.66. The Hall–Kier alpha value is -1.09. The van der Waals surface area contributed by atoms with Gasteiger partial charge in [-0.05, 0) is 32.0 Å². The van der Waals surface area contributed by atoms with Crippen LogP contribution in [0.3, 0.4) is 0 Å². The molecule has 0 aliphatic carbocycles. The summed E-state index contributed by atoms with van der Waals surface area (Å²) in [5.41, 5.74) is 0.617. The van der Waals surface area contributed by atoms with E-state index >= 15 is 0 Å². The fourth-order valence-corrected chi connectivity index (χ4v) is 1.94. The molecule has 0 aromatic heterocycles. The normalized spacial score (nSPS) is 12.8. The van der Waals surface area contributed by atoms with Gasteiger partial charge in [-0.15, -0.1) is 0 Å². The third-order valence-electron chi connectivity index (χ3n) is 3.51. The average Bonchev–Trinajstić information content (AvgIpc) is 2.39. The SMILES string of the molecule is CCC(CC)COc1cccc(F)c1C(C)NC. The molecule has 0 radical (unpaired) electrons. The van der Waals surface area contributed by atoms with E-state index in [0.29, 0.717) is 23.8 Å². The van der Waals surface area contributed by atoms with Crippen molar-refractivity contribution in [2.24, 2.45) is 5.92 Å². The van der Waals surface area contributed by atoms with Gasteiger partial charge in [-0.1, -0.05) is 32.8 Å². The van der Waals surface area contributed by atoms with E-state index in [2.05, 4.69) is 19.2 Å². The van der Waals surface area contributed by atoms with Gasteiger partial charge in [-0.25, -0.2) is 4.39 Å². The third kappa shape index (κ3) is 3.70. The second kappa shape index (κ2) is 7.37. The molecule has 3 heteroatoms. The third-order valence-corrected chi connectivity index (χ3v) is 3.51. The summed E-state index contributed by atoms with van der Waals surface area (Å²) in [6.45, 7) is 6.89. The molecule has 1 aromatic carbocycles. The zero-order valence-electron chi connectivity index (χ0n) is 11.8. The Kier molecular flexibility index (Phi) is 6.13. The summed E-state index contributed by atoms with van der Waals surface area (Å²) in [5, 5.41) is 3.06. The first-order valence-corrected chi connectivity index (χ1v) is 6.72. The number of hydrogen-bond donors (Lipinski definition) is 1. The highest BCUT2D eigenvalue weighted by molar-refractivity contribution is 5.37. The van der Waals surface area contributed by atoms with E-state index in [1.54, 1.807) is 6.07 Å². The van der Waals surface area contributed by atoms with Crippen molar-refractivity contribution >= 4 is 0 Å². The summed E-state index contributed by atoms with van der Waals surface area (Å²) in [6.07, 6.45) is 2.17. The Labute approximate surface area is 110 Å². The highest BCUT2D eigenvalue weighted by Gasteiger charge is 2.16. The maximum atomic E-state index is 13.9. The van der Waals surface area contributed by atoms with Gasteiger partial charge in [0, 0.05) is 11.6 Å². The Morgan fingerprint density at radius 1 is 1.28 bits per heavy atom. The Bertz CT molecular complexity index is 364. The van der Waals surface area contributed by atoms with Crippen LogP contribution in [0.5, 0.6) is 5.75 Å². The lowest BCUT2D eigenvalue weighted by molar-refractivity contribution is 0.236.